The van der Waals surface area contributed by atoms with Crippen LogP contribution < -0.4 is 26.9 Å². The monoisotopic (exact) mass is 368 g/mol. The molecule has 5 N–H and O–H groups in total. The molecule has 1 aromatic heterocycles. The molecule has 2 aromatic rings. The smallest absolute Gasteiger partial charge is 0.357 e. The van der Waals surface area contributed by atoms with Crippen molar-refractivity contribution in [3.63, 3.8) is 0 Å². The third-order valence-electron chi connectivity index (χ3n) is 3.67. The summed E-state index contributed by atoms with van der Waals surface area (Å²) in [6.07, 6.45) is 1.07. The first-order chi connectivity index (χ1) is 11.8. The molecule has 0 aliphatic rings. The molecular formula is C15H20N4O5S. The Balaban J connectivity index is 2.24. The van der Waals surface area contributed by atoms with Gasteiger partial charge in [-0.1, -0.05) is 19.1 Å². The zero-order chi connectivity index (χ0) is 18.6. The molecule has 25 heavy (non-hydrogen) atoms. The number of nitrogens with two attached hydrogens (primary N) is 2. The number of nitrogens with zero attached hydrogens (tertiary/aromatic N) is 2. The minimum absolute atomic E-state index is 0.0435. The van der Waals surface area contributed by atoms with Crippen LogP contribution in [0, 0.1) is 0 Å². The minimum atomic E-state index is -2.38. The molecule has 1 unspecified atom stereocenters. The molecule has 0 aliphatic heterocycles. The molecular weight excluding hydrogens is 348 g/mol. The van der Waals surface area contributed by atoms with Gasteiger partial charge in [0, 0.05) is 13.1 Å². The van der Waals surface area contributed by atoms with Gasteiger partial charge >= 0.3 is 17.1 Å². The number of aryl methyl sites for hydroxylation is 1. The highest BCUT2D eigenvalue weighted by Gasteiger charge is 2.14. The van der Waals surface area contributed by atoms with Crippen LogP contribution in [-0.4, -0.2) is 17.9 Å². The summed E-state index contributed by atoms with van der Waals surface area (Å²) in [5.74, 6) is 0.208. The fraction of sp³-hybridized carbons (Fsp3) is 0.333. The zero-order valence-electron chi connectivity index (χ0n) is 13.7. The van der Waals surface area contributed by atoms with Crippen molar-refractivity contribution < 1.29 is 12.9 Å². The molecule has 1 aromatic carbocycles. The standard InChI is InChI=1S/C15H20N4O5S/c1-2-8-19-14(20)12(16)13(17)18(15(19)21)9-7-10-3-5-11(6-4-10)24-25(22)23/h3-6H,2,7-9,16-17H2,1H3,(H,22,23). The second kappa shape index (κ2) is 7.99. The van der Waals surface area contributed by atoms with Crippen molar-refractivity contribution in [3.05, 3.63) is 50.7 Å². The van der Waals surface area contributed by atoms with E-state index in [0.717, 1.165) is 10.1 Å². The van der Waals surface area contributed by atoms with Gasteiger partial charge in [0.15, 0.2) is 0 Å². The average molecular weight is 368 g/mol. The number of rotatable bonds is 7. The van der Waals surface area contributed by atoms with Crippen LogP contribution in [0.2, 0.25) is 0 Å². The third kappa shape index (κ3) is 4.28. The Morgan fingerprint density at radius 3 is 2.32 bits per heavy atom. The average Bonchev–Trinajstić information content (AvgIpc) is 2.58. The summed E-state index contributed by atoms with van der Waals surface area (Å²) >= 11 is -2.38. The summed E-state index contributed by atoms with van der Waals surface area (Å²) < 4.78 is 26.2. The fourth-order valence-corrected chi connectivity index (χ4v) is 2.68. The molecule has 9 nitrogen and oxygen atoms in total. The van der Waals surface area contributed by atoms with Gasteiger partial charge in [-0.25, -0.2) is 4.79 Å². The Morgan fingerprint density at radius 2 is 1.76 bits per heavy atom. The molecule has 2 rings (SSSR count). The molecule has 1 heterocycles. The predicted octanol–water partition coefficient (Wildman–Crippen LogP) is 0.343. The van der Waals surface area contributed by atoms with E-state index in [2.05, 4.69) is 4.18 Å². The lowest BCUT2D eigenvalue weighted by Gasteiger charge is -2.14. The van der Waals surface area contributed by atoms with Crippen molar-refractivity contribution >= 4 is 22.9 Å². The van der Waals surface area contributed by atoms with E-state index >= 15 is 0 Å². The SMILES string of the molecule is CCCn1c(=O)c(N)c(N)n(CCc2ccc(OS(=O)O)cc2)c1=O. The highest BCUT2D eigenvalue weighted by molar-refractivity contribution is 7.74. The fourth-order valence-electron chi connectivity index (χ4n) is 2.41. The topological polar surface area (TPSA) is 143 Å². The van der Waals surface area contributed by atoms with Crippen LogP contribution in [0.3, 0.4) is 0 Å². The maximum absolute atomic E-state index is 12.5. The summed E-state index contributed by atoms with van der Waals surface area (Å²) in [5.41, 5.74) is 11.2. The van der Waals surface area contributed by atoms with Crippen molar-refractivity contribution in [2.24, 2.45) is 0 Å². The first-order valence-electron chi connectivity index (χ1n) is 7.61. The van der Waals surface area contributed by atoms with Gasteiger partial charge in [-0.3, -0.25) is 18.5 Å². The maximum Gasteiger partial charge on any atom is 0.357 e. The maximum atomic E-state index is 12.5. The minimum Gasteiger partial charge on any atom is -0.391 e. The summed E-state index contributed by atoms with van der Waals surface area (Å²) in [7, 11) is 0. The molecule has 0 aliphatic carbocycles. The van der Waals surface area contributed by atoms with E-state index in [1.807, 2.05) is 6.92 Å². The van der Waals surface area contributed by atoms with Crippen molar-refractivity contribution in [2.45, 2.75) is 32.9 Å². The highest BCUT2D eigenvalue weighted by Crippen LogP contribution is 2.14. The third-order valence-corrected chi connectivity index (χ3v) is 4.00. The summed E-state index contributed by atoms with van der Waals surface area (Å²) in [5, 5.41) is 0. The Hall–Kier alpha value is -2.59. The predicted molar refractivity (Wildman–Crippen MR) is 95.6 cm³/mol. The van der Waals surface area contributed by atoms with Crippen LogP contribution in [0.25, 0.3) is 0 Å². The van der Waals surface area contributed by atoms with Gasteiger partial charge in [0.1, 0.15) is 17.3 Å². The van der Waals surface area contributed by atoms with E-state index in [4.69, 9.17) is 16.0 Å². The molecule has 0 radical (unpaired) electrons. The first-order valence-corrected chi connectivity index (χ1v) is 8.65. The van der Waals surface area contributed by atoms with Crippen molar-refractivity contribution in [1.29, 1.82) is 0 Å². The van der Waals surface area contributed by atoms with E-state index in [0.29, 0.717) is 12.8 Å². The van der Waals surface area contributed by atoms with Gasteiger partial charge in [0.25, 0.3) is 5.56 Å². The van der Waals surface area contributed by atoms with Crippen LogP contribution in [0.4, 0.5) is 11.5 Å². The number of benzene rings is 1. The largest absolute Gasteiger partial charge is 0.391 e. The van der Waals surface area contributed by atoms with Crippen molar-refractivity contribution in [3.8, 4) is 5.75 Å². The van der Waals surface area contributed by atoms with Gasteiger partial charge in [-0.15, -0.1) is 0 Å². The second-order valence-corrected chi connectivity index (χ2v) is 5.99. The van der Waals surface area contributed by atoms with Crippen LogP contribution in [0.5, 0.6) is 5.75 Å². The summed E-state index contributed by atoms with van der Waals surface area (Å²) in [6.45, 7) is 2.36. The lowest BCUT2D eigenvalue weighted by molar-refractivity contribution is 0.458. The van der Waals surface area contributed by atoms with Crippen molar-refractivity contribution in [2.75, 3.05) is 11.5 Å². The molecule has 10 heteroatoms. The first kappa shape index (κ1) is 18.7. The number of anilines is 2. The van der Waals surface area contributed by atoms with Gasteiger partial charge < -0.3 is 15.7 Å². The van der Waals surface area contributed by atoms with E-state index in [-0.39, 0.29) is 30.3 Å². The zero-order valence-corrected chi connectivity index (χ0v) is 14.5. The molecule has 1 atom stereocenters. The molecule has 0 fully saturated rings. The highest BCUT2D eigenvalue weighted by atomic mass is 32.2. The Morgan fingerprint density at radius 1 is 1.12 bits per heavy atom. The molecule has 0 saturated heterocycles. The molecule has 0 amide bonds. The molecule has 0 bridgehead atoms. The quantitative estimate of drug-likeness (QED) is 0.598. The van der Waals surface area contributed by atoms with Crippen molar-refractivity contribution in [1.82, 2.24) is 9.13 Å². The Labute approximate surface area is 146 Å². The number of nitrogen functional groups attached to an aromatic ring is 2. The van der Waals surface area contributed by atoms with Crippen LogP contribution in [-0.2, 0) is 30.9 Å². The Bertz CT molecular complexity index is 889. The van der Waals surface area contributed by atoms with Crippen LogP contribution in [0.15, 0.2) is 33.9 Å². The van der Waals surface area contributed by atoms with Crippen LogP contribution >= 0.6 is 0 Å². The number of aromatic nitrogens is 2. The lowest BCUT2D eigenvalue weighted by atomic mass is 10.1. The summed E-state index contributed by atoms with van der Waals surface area (Å²) in [4.78, 5) is 24.5. The van der Waals surface area contributed by atoms with E-state index in [9.17, 15) is 13.8 Å². The van der Waals surface area contributed by atoms with E-state index in [1.165, 1.54) is 4.57 Å². The second-order valence-electron chi connectivity index (χ2n) is 5.38. The number of hydrogen-bond donors (Lipinski definition) is 3. The molecule has 0 spiro atoms. The van der Waals surface area contributed by atoms with Crippen LogP contribution in [0.1, 0.15) is 18.9 Å². The normalized spacial score (nSPS) is 12.1. The lowest BCUT2D eigenvalue weighted by Crippen LogP contribution is -2.42. The Kier molecular flexibility index (Phi) is 5.99. The van der Waals surface area contributed by atoms with Gasteiger partial charge in [-0.2, -0.15) is 4.21 Å². The van der Waals surface area contributed by atoms with Gasteiger partial charge in [0.2, 0.25) is 0 Å². The molecule has 0 saturated carbocycles. The van der Waals surface area contributed by atoms with Gasteiger partial charge in [0.05, 0.1) is 0 Å². The van der Waals surface area contributed by atoms with E-state index in [1.54, 1.807) is 24.3 Å². The number of hydrogen-bond acceptors (Lipinski definition) is 6. The van der Waals surface area contributed by atoms with Gasteiger partial charge in [-0.05, 0) is 30.5 Å². The summed E-state index contributed by atoms with van der Waals surface area (Å²) in [6, 6.07) is 6.49. The molecule has 136 valence electrons. The van der Waals surface area contributed by atoms with E-state index < -0.39 is 22.6 Å².